The molecule has 0 aliphatic heterocycles. The van der Waals surface area contributed by atoms with Crippen LogP contribution in [0.5, 0.6) is 5.75 Å². The van der Waals surface area contributed by atoms with Crippen molar-refractivity contribution in [3.63, 3.8) is 0 Å². The highest BCUT2D eigenvalue weighted by atomic mass is 35.5. The summed E-state index contributed by atoms with van der Waals surface area (Å²) in [7, 11) is 0. The molecule has 0 spiro atoms. The zero-order chi connectivity index (χ0) is 18.7. The average Bonchev–Trinajstić information content (AvgIpc) is 3.06. The molecule has 0 aliphatic carbocycles. The van der Waals surface area contributed by atoms with Crippen LogP contribution in [0.3, 0.4) is 0 Å². The van der Waals surface area contributed by atoms with E-state index in [1.165, 1.54) is 17.4 Å². The normalized spacial score (nSPS) is 10.6. The Morgan fingerprint density at radius 2 is 1.96 bits per heavy atom. The van der Waals surface area contributed by atoms with Crippen LogP contribution in [0, 0.1) is 19.7 Å². The molecule has 26 heavy (non-hydrogen) atoms. The van der Waals surface area contributed by atoms with E-state index in [0.717, 1.165) is 16.9 Å². The molecule has 0 aliphatic rings. The monoisotopic (exact) mass is 389 g/mol. The highest BCUT2D eigenvalue weighted by Gasteiger charge is 2.11. The predicted octanol–water partition coefficient (Wildman–Crippen LogP) is 5.99. The minimum Gasteiger partial charge on any atom is -0.489 e. The van der Waals surface area contributed by atoms with E-state index in [4.69, 9.17) is 16.3 Å². The van der Waals surface area contributed by atoms with Gasteiger partial charge in [0.1, 0.15) is 18.2 Å². The van der Waals surface area contributed by atoms with Gasteiger partial charge in [0.15, 0.2) is 0 Å². The molecule has 134 valence electrons. The fraction of sp³-hybridized carbons (Fsp3) is 0.150. The number of nitrogens with one attached hydrogen (secondary N) is 1. The molecule has 0 bridgehead atoms. The first-order chi connectivity index (χ1) is 12.4. The Labute approximate surface area is 160 Å². The van der Waals surface area contributed by atoms with E-state index in [9.17, 15) is 9.18 Å². The van der Waals surface area contributed by atoms with Crippen LogP contribution in [0.15, 0.2) is 47.8 Å². The molecule has 0 atom stereocenters. The van der Waals surface area contributed by atoms with Crippen molar-refractivity contribution in [3.8, 4) is 5.75 Å². The van der Waals surface area contributed by atoms with Gasteiger partial charge in [0, 0.05) is 16.3 Å². The highest BCUT2D eigenvalue weighted by molar-refractivity contribution is 7.12. The molecule has 1 heterocycles. The maximum atomic E-state index is 13.6. The fourth-order valence-electron chi connectivity index (χ4n) is 2.37. The first-order valence-electron chi connectivity index (χ1n) is 7.96. The van der Waals surface area contributed by atoms with Crippen LogP contribution in [0.4, 0.5) is 10.1 Å². The lowest BCUT2D eigenvalue weighted by Crippen LogP contribution is -2.10. The summed E-state index contributed by atoms with van der Waals surface area (Å²) in [5, 5.41) is 5.24. The quantitative estimate of drug-likeness (QED) is 0.582. The summed E-state index contributed by atoms with van der Waals surface area (Å²) in [5.74, 6) is 0.135. The largest absolute Gasteiger partial charge is 0.489 e. The predicted molar refractivity (Wildman–Crippen MR) is 104 cm³/mol. The summed E-state index contributed by atoms with van der Waals surface area (Å²) in [6, 6.07) is 11.8. The summed E-state index contributed by atoms with van der Waals surface area (Å²) >= 11 is 7.25. The molecule has 0 fully saturated rings. The van der Waals surface area contributed by atoms with Crippen molar-refractivity contribution < 1.29 is 13.9 Å². The van der Waals surface area contributed by atoms with Crippen molar-refractivity contribution in [1.82, 2.24) is 0 Å². The number of carbonyl (C=O) groups excluding carboxylic acids is 1. The van der Waals surface area contributed by atoms with Crippen molar-refractivity contribution >= 4 is 34.5 Å². The summed E-state index contributed by atoms with van der Waals surface area (Å²) in [5.41, 5.74) is 2.81. The Kier molecular flexibility index (Phi) is 5.59. The van der Waals surface area contributed by atoms with Gasteiger partial charge in [-0.3, -0.25) is 4.79 Å². The Morgan fingerprint density at radius 1 is 1.15 bits per heavy atom. The maximum Gasteiger partial charge on any atom is 0.265 e. The lowest BCUT2D eigenvalue weighted by molar-refractivity contribution is 0.103. The van der Waals surface area contributed by atoms with Gasteiger partial charge in [-0.05, 0) is 66.8 Å². The number of hydrogen-bond donors (Lipinski definition) is 1. The zero-order valence-electron chi connectivity index (χ0n) is 14.3. The van der Waals surface area contributed by atoms with Crippen LogP contribution in [-0.2, 0) is 6.61 Å². The van der Waals surface area contributed by atoms with Crippen molar-refractivity contribution in [2.75, 3.05) is 5.32 Å². The number of thiophene rings is 1. The van der Waals surface area contributed by atoms with Crippen LogP contribution in [0.25, 0.3) is 0 Å². The zero-order valence-corrected chi connectivity index (χ0v) is 15.9. The molecule has 3 aromatic rings. The Hall–Kier alpha value is -2.37. The van der Waals surface area contributed by atoms with E-state index in [0.29, 0.717) is 27.8 Å². The van der Waals surface area contributed by atoms with Gasteiger partial charge >= 0.3 is 0 Å². The number of halogens is 2. The van der Waals surface area contributed by atoms with E-state index >= 15 is 0 Å². The summed E-state index contributed by atoms with van der Waals surface area (Å²) in [4.78, 5) is 12.9. The topological polar surface area (TPSA) is 38.3 Å². The van der Waals surface area contributed by atoms with E-state index in [2.05, 4.69) is 5.32 Å². The SMILES string of the molecule is Cc1ccc(NC(=O)c2cc(COc3ccc(Cl)cc3C)cs2)cc1F. The van der Waals surface area contributed by atoms with E-state index < -0.39 is 0 Å². The average molecular weight is 390 g/mol. The third kappa shape index (κ3) is 4.42. The smallest absolute Gasteiger partial charge is 0.265 e. The van der Waals surface area contributed by atoms with Gasteiger partial charge in [0.2, 0.25) is 0 Å². The number of benzene rings is 2. The van der Waals surface area contributed by atoms with E-state index in [1.807, 2.05) is 24.4 Å². The van der Waals surface area contributed by atoms with Crippen molar-refractivity contribution in [1.29, 1.82) is 0 Å². The first kappa shape index (κ1) is 18.4. The lowest BCUT2D eigenvalue weighted by Gasteiger charge is -2.08. The molecular weight excluding hydrogens is 373 g/mol. The second-order valence-corrected chi connectivity index (χ2v) is 7.28. The van der Waals surface area contributed by atoms with E-state index in [-0.39, 0.29) is 11.7 Å². The highest BCUT2D eigenvalue weighted by Crippen LogP contribution is 2.24. The number of hydrogen-bond acceptors (Lipinski definition) is 3. The minimum absolute atomic E-state index is 0.271. The standard InChI is InChI=1S/C20H17ClFNO2S/c1-12-3-5-16(9-17(12)22)23-20(24)19-8-14(11-26-19)10-25-18-6-4-15(21)7-13(18)2/h3-9,11H,10H2,1-2H3,(H,23,24). The molecule has 6 heteroatoms. The first-order valence-corrected chi connectivity index (χ1v) is 9.22. The van der Waals surface area contributed by atoms with Gasteiger partial charge < -0.3 is 10.1 Å². The van der Waals surface area contributed by atoms with Crippen LogP contribution in [0.1, 0.15) is 26.4 Å². The van der Waals surface area contributed by atoms with Crippen molar-refractivity contribution in [3.05, 3.63) is 80.3 Å². The molecular formula is C20H17ClFNO2S. The summed E-state index contributed by atoms with van der Waals surface area (Å²) in [6.07, 6.45) is 0. The molecule has 2 aromatic carbocycles. The van der Waals surface area contributed by atoms with Crippen molar-refractivity contribution in [2.24, 2.45) is 0 Å². The summed E-state index contributed by atoms with van der Waals surface area (Å²) in [6.45, 7) is 3.95. The molecule has 0 saturated heterocycles. The van der Waals surface area contributed by atoms with E-state index in [1.54, 1.807) is 31.2 Å². The molecule has 3 rings (SSSR count). The molecule has 0 radical (unpaired) electrons. The van der Waals surface area contributed by atoms with Gasteiger partial charge in [-0.15, -0.1) is 11.3 Å². The van der Waals surface area contributed by atoms with Gasteiger partial charge in [-0.1, -0.05) is 17.7 Å². The number of rotatable bonds is 5. The van der Waals surface area contributed by atoms with Crippen LogP contribution in [-0.4, -0.2) is 5.91 Å². The minimum atomic E-state index is -0.346. The van der Waals surface area contributed by atoms with Crippen molar-refractivity contribution in [2.45, 2.75) is 20.5 Å². The molecule has 1 amide bonds. The lowest BCUT2D eigenvalue weighted by atomic mass is 10.2. The number of aryl methyl sites for hydroxylation is 2. The molecule has 1 N–H and O–H groups in total. The summed E-state index contributed by atoms with van der Waals surface area (Å²) < 4.78 is 19.4. The van der Waals surface area contributed by atoms with Crippen LogP contribution < -0.4 is 10.1 Å². The third-order valence-corrected chi connectivity index (χ3v) is 5.05. The second kappa shape index (κ2) is 7.89. The molecule has 3 nitrogen and oxygen atoms in total. The van der Waals surface area contributed by atoms with Gasteiger partial charge in [-0.25, -0.2) is 4.39 Å². The van der Waals surface area contributed by atoms with Gasteiger partial charge in [0.25, 0.3) is 5.91 Å². The Morgan fingerprint density at radius 3 is 2.69 bits per heavy atom. The maximum absolute atomic E-state index is 13.6. The third-order valence-electron chi connectivity index (χ3n) is 3.84. The molecule has 0 saturated carbocycles. The van der Waals surface area contributed by atoms with Crippen LogP contribution in [0.2, 0.25) is 5.02 Å². The van der Waals surface area contributed by atoms with Gasteiger partial charge in [-0.2, -0.15) is 0 Å². The number of ether oxygens (including phenoxy) is 1. The van der Waals surface area contributed by atoms with Gasteiger partial charge in [0.05, 0.1) is 4.88 Å². The Bertz CT molecular complexity index is 955. The number of carbonyl (C=O) groups is 1. The van der Waals surface area contributed by atoms with Crippen LogP contribution >= 0.6 is 22.9 Å². The Balaban J connectivity index is 1.63. The second-order valence-electron chi connectivity index (χ2n) is 5.94. The number of anilines is 1. The molecule has 1 aromatic heterocycles. The fourth-order valence-corrected chi connectivity index (χ4v) is 3.39. The molecule has 0 unspecified atom stereocenters. The number of amides is 1.